The van der Waals surface area contributed by atoms with Crippen LogP contribution in [0.1, 0.15) is 23.0 Å². The molecule has 12 heteroatoms. The number of nitrogens with two attached hydrogens (primary N) is 2. The van der Waals surface area contributed by atoms with Gasteiger partial charge in [-0.05, 0) is 17.7 Å². The highest BCUT2D eigenvalue weighted by Crippen LogP contribution is 2.17. The highest BCUT2D eigenvalue weighted by molar-refractivity contribution is 6.31. The second-order valence-electron chi connectivity index (χ2n) is 6.52. The van der Waals surface area contributed by atoms with E-state index >= 15 is 0 Å². The van der Waals surface area contributed by atoms with Gasteiger partial charge in [-0.3, -0.25) is 9.59 Å². The number of rotatable bonds is 13. The van der Waals surface area contributed by atoms with Gasteiger partial charge >= 0.3 is 0 Å². The molecule has 1 heterocycles. The van der Waals surface area contributed by atoms with Gasteiger partial charge in [-0.1, -0.05) is 23.7 Å². The van der Waals surface area contributed by atoms with Crippen molar-refractivity contribution >= 4 is 35.1 Å². The highest BCUT2D eigenvalue weighted by Gasteiger charge is 2.15. The van der Waals surface area contributed by atoms with Crippen LogP contribution in [-0.4, -0.2) is 61.4 Å². The minimum Gasteiger partial charge on any atom is -0.491 e. The molecule has 32 heavy (non-hydrogen) atoms. The lowest BCUT2D eigenvalue weighted by molar-refractivity contribution is -0.119. The van der Waals surface area contributed by atoms with E-state index in [4.69, 9.17) is 37.3 Å². The quantitative estimate of drug-likeness (QED) is 0.312. The number of nitrogen functional groups attached to an aromatic ring is 2. The molecule has 0 radical (unpaired) electrons. The van der Waals surface area contributed by atoms with Gasteiger partial charge in [0.1, 0.15) is 12.4 Å². The Balaban J connectivity index is 1.61. The normalized spacial score (nSPS) is 10.6. The summed E-state index contributed by atoms with van der Waals surface area (Å²) in [6, 6.07) is 7.23. The Bertz CT molecular complexity index is 897. The Morgan fingerprint density at radius 2 is 1.59 bits per heavy atom. The first kappa shape index (κ1) is 25.1. The van der Waals surface area contributed by atoms with Crippen LogP contribution in [0.25, 0.3) is 0 Å². The molecule has 0 bridgehead atoms. The first-order valence-electron chi connectivity index (χ1n) is 9.85. The summed E-state index contributed by atoms with van der Waals surface area (Å²) in [7, 11) is 0. The van der Waals surface area contributed by atoms with E-state index < -0.39 is 5.91 Å². The number of ether oxygens (including phenoxy) is 3. The fourth-order valence-electron chi connectivity index (χ4n) is 2.42. The Labute approximate surface area is 190 Å². The minimum absolute atomic E-state index is 0.0336. The third-order valence-corrected chi connectivity index (χ3v) is 4.26. The molecule has 0 aliphatic carbocycles. The van der Waals surface area contributed by atoms with Crippen molar-refractivity contribution < 1.29 is 23.8 Å². The highest BCUT2D eigenvalue weighted by atomic mass is 35.5. The molecule has 1 aromatic heterocycles. The van der Waals surface area contributed by atoms with Crippen LogP contribution in [-0.2, 0) is 20.8 Å². The zero-order valence-electron chi connectivity index (χ0n) is 17.7. The third kappa shape index (κ3) is 8.92. The van der Waals surface area contributed by atoms with Crippen LogP contribution < -0.4 is 26.8 Å². The molecule has 2 amide bonds. The van der Waals surface area contributed by atoms with Gasteiger partial charge < -0.3 is 36.3 Å². The van der Waals surface area contributed by atoms with Gasteiger partial charge in [0.05, 0.1) is 26.4 Å². The van der Waals surface area contributed by atoms with Crippen LogP contribution in [0.2, 0.25) is 5.15 Å². The van der Waals surface area contributed by atoms with Gasteiger partial charge in [0, 0.05) is 20.0 Å². The minimum atomic E-state index is -0.506. The molecule has 0 unspecified atom stereocenters. The SMILES string of the molecule is CC(=O)NCCOCCOCCOc1ccc(CNC(=O)c2nc(Cl)c(N)nc2N)cc1. The average molecular weight is 467 g/mol. The number of amides is 2. The molecule has 0 saturated carbocycles. The Morgan fingerprint density at radius 1 is 0.938 bits per heavy atom. The molecule has 0 spiro atoms. The summed E-state index contributed by atoms with van der Waals surface area (Å²) in [5, 5.41) is 5.26. The van der Waals surface area contributed by atoms with Gasteiger partial charge in [-0.15, -0.1) is 0 Å². The van der Waals surface area contributed by atoms with E-state index in [1.807, 2.05) is 12.1 Å². The standard InChI is InChI=1S/C20H27ClN6O5/c1-13(28)24-6-7-30-8-9-31-10-11-32-15-4-2-14(3-5-15)12-25-20(29)16-18(22)27-19(23)17(21)26-16/h2-5H,6-12H2,1H3,(H,24,28)(H,25,29)(H4,22,23,27). The van der Waals surface area contributed by atoms with Crippen molar-refractivity contribution in [3.8, 4) is 5.75 Å². The van der Waals surface area contributed by atoms with Crippen LogP contribution in [0.5, 0.6) is 5.75 Å². The average Bonchev–Trinajstić information content (AvgIpc) is 2.76. The van der Waals surface area contributed by atoms with E-state index in [0.717, 1.165) is 5.56 Å². The Hall–Kier alpha value is -3.15. The molecule has 0 aliphatic heterocycles. The zero-order chi connectivity index (χ0) is 23.3. The molecule has 6 N–H and O–H groups in total. The van der Waals surface area contributed by atoms with Crippen LogP contribution in [0.3, 0.4) is 0 Å². The Kier molecular flexibility index (Phi) is 10.4. The van der Waals surface area contributed by atoms with Crippen LogP contribution in [0, 0.1) is 0 Å². The van der Waals surface area contributed by atoms with E-state index in [1.54, 1.807) is 12.1 Å². The fourth-order valence-corrected chi connectivity index (χ4v) is 2.54. The summed E-state index contributed by atoms with van der Waals surface area (Å²) in [5.41, 5.74) is 11.9. The van der Waals surface area contributed by atoms with Crippen LogP contribution >= 0.6 is 11.6 Å². The van der Waals surface area contributed by atoms with Gasteiger partial charge in [-0.2, -0.15) is 0 Å². The van der Waals surface area contributed by atoms with E-state index in [9.17, 15) is 9.59 Å². The predicted octanol–water partition coefficient (Wildman–Crippen LogP) is 0.773. The first-order chi connectivity index (χ1) is 15.4. The van der Waals surface area contributed by atoms with Crippen molar-refractivity contribution in [1.29, 1.82) is 0 Å². The third-order valence-electron chi connectivity index (χ3n) is 3.99. The number of carbonyl (C=O) groups is 2. The van der Waals surface area contributed by atoms with Crippen molar-refractivity contribution in [2.24, 2.45) is 0 Å². The van der Waals surface area contributed by atoms with Crippen molar-refractivity contribution in [3.05, 3.63) is 40.7 Å². The smallest absolute Gasteiger partial charge is 0.274 e. The van der Waals surface area contributed by atoms with Gasteiger partial charge in [0.15, 0.2) is 22.5 Å². The molecule has 2 aromatic rings. The summed E-state index contributed by atoms with van der Waals surface area (Å²) >= 11 is 5.79. The molecule has 1 aromatic carbocycles. The Morgan fingerprint density at radius 3 is 2.28 bits per heavy atom. The number of nitrogens with zero attached hydrogens (tertiary/aromatic N) is 2. The van der Waals surface area contributed by atoms with E-state index in [0.29, 0.717) is 45.3 Å². The van der Waals surface area contributed by atoms with E-state index in [1.165, 1.54) is 6.92 Å². The molecule has 2 rings (SSSR count). The first-order valence-corrected chi connectivity index (χ1v) is 10.2. The number of aromatic nitrogens is 2. The lowest BCUT2D eigenvalue weighted by atomic mass is 10.2. The fraction of sp³-hybridized carbons (Fsp3) is 0.400. The van der Waals surface area contributed by atoms with Crippen LogP contribution in [0.4, 0.5) is 11.6 Å². The predicted molar refractivity (Wildman–Crippen MR) is 119 cm³/mol. The maximum Gasteiger partial charge on any atom is 0.274 e. The summed E-state index contributed by atoms with van der Waals surface area (Å²) in [5.74, 6) is -0.0341. The molecule has 0 aliphatic rings. The summed E-state index contributed by atoms with van der Waals surface area (Å²) in [4.78, 5) is 30.6. The van der Waals surface area contributed by atoms with Gasteiger partial charge in [-0.25, -0.2) is 9.97 Å². The topological polar surface area (TPSA) is 164 Å². The number of carbonyl (C=O) groups excluding carboxylic acids is 2. The van der Waals surface area contributed by atoms with Gasteiger partial charge in [0.25, 0.3) is 5.91 Å². The molecule has 0 atom stereocenters. The zero-order valence-corrected chi connectivity index (χ0v) is 18.5. The monoisotopic (exact) mass is 466 g/mol. The largest absolute Gasteiger partial charge is 0.491 e. The van der Waals surface area contributed by atoms with Crippen molar-refractivity contribution in [3.63, 3.8) is 0 Å². The lowest BCUT2D eigenvalue weighted by Crippen LogP contribution is -2.25. The summed E-state index contributed by atoms with van der Waals surface area (Å²) in [6.07, 6.45) is 0. The van der Waals surface area contributed by atoms with E-state index in [2.05, 4.69) is 20.6 Å². The second-order valence-corrected chi connectivity index (χ2v) is 6.87. The molecule has 0 fully saturated rings. The number of nitrogens with one attached hydrogen (secondary N) is 2. The molecular formula is C20H27ClN6O5. The van der Waals surface area contributed by atoms with Gasteiger partial charge in [0.2, 0.25) is 5.91 Å². The maximum atomic E-state index is 12.2. The molecule has 174 valence electrons. The molecule has 0 saturated heterocycles. The van der Waals surface area contributed by atoms with Crippen molar-refractivity contribution in [2.75, 3.05) is 51.0 Å². The number of anilines is 2. The maximum absolute atomic E-state index is 12.2. The molecular weight excluding hydrogens is 440 g/mol. The number of benzene rings is 1. The summed E-state index contributed by atoms with van der Waals surface area (Å²) < 4.78 is 16.3. The van der Waals surface area contributed by atoms with E-state index in [-0.39, 0.29) is 34.9 Å². The van der Waals surface area contributed by atoms with Crippen molar-refractivity contribution in [1.82, 2.24) is 20.6 Å². The second kappa shape index (κ2) is 13.3. The molecule has 11 nitrogen and oxygen atoms in total. The number of halogens is 1. The number of hydrogen-bond donors (Lipinski definition) is 4. The lowest BCUT2D eigenvalue weighted by Gasteiger charge is -2.10. The number of hydrogen-bond acceptors (Lipinski definition) is 9. The summed E-state index contributed by atoms with van der Waals surface area (Å²) in [6.45, 7) is 4.33. The van der Waals surface area contributed by atoms with Crippen molar-refractivity contribution in [2.45, 2.75) is 13.5 Å². The van der Waals surface area contributed by atoms with Crippen LogP contribution in [0.15, 0.2) is 24.3 Å².